The molecule has 0 aliphatic heterocycles. The van der Waals surface area contributed by atoms with Crippen molar-refractivity contribution in [3.63, 3.8) is 0 Å². The molecule has 0 saturated heterocycles. The summed E-state index contributed by atoms with van der Waals surface area (Å²) >= 11 is 0. The second kappa shape index (κ2) is 3.34. The van der Waals surface area contributed by atoms with Crippen LogP contribution < -0.4 is 0 Å². The molecule has 0 saturated carbocycles. The summed E-state index contributed by atoms with van der Waals surface area (Å²) in [6.07, 6.45) is 0. The maximum atomic E-state index is 12.7. The number of rotatable bonds is 1. The van der Waals surface area contributed by atoms with E-state index < -0.39 is 0 Å². The van der Waals surface area contributed by atoms with Gasteiger partial charge in [-0.1, -0.05) is 12.1 Å². The first kappa shape index (κ1) is 8.71. The van der Waals surface area contributed by atoms with E-state index in [9.17, 15) is 4.39 Å². The molecule has 1 rings (SSSR count). The number of hydrogen-bond donors (Lipinski definition) is 1. The van der Waals surface area contributed by atoms with Gasteiger partial charge in [0.2, 0.25) is 0 Å². The van der Waals surface area contributed by atoms with Crippen molar-refractivity contribution in [2.24, 2.45) is 0 Å². The average molecular weight is 166 g/mol. The lowest BCUT2D eigenvalue weighted by atomic mass is 10.2. The second-order valence-corrected chi connectivity index (χ2v) is 2.75. The molecule has 0 aliphatic carbocycles. The Kier molecular flexibility index (Phi) is 2.43. The van der Waals surface area contributed by atoms with Crippen LogP contribution >= 0.6 is 0 Å². The van der Waals surface area contributed by atoms with Crippen LogP contribution in [0.5, 0.6) is 0 Å². The smallest absolute Gasteiger partial charge is 0.127 e. The molecule has 0 aromatic heterocycles. The quantitative estimate of drug-likeness (QED) is 0.499. The van der Waals surface area contributed by atoms with E-state index in [0.717, 1.165) is 0 Å². The number of halogens is 1. The molecule has 1 aromatic carbocycles. The molecule has 1 aromatic rings. The van der Waals surface area contributed by atoms with Crippen LogP contribution in [0.25, 0.3) is 0 Å². The molecule has 0 fully saturated rings. The lowest BCUT2D eigenvalue weighted by Gasteiger charge is -2.13. The van der Waals surface area contributed by atoms with Crippen molar-refractivity contribution in [2.45, 2.75) is 0 Å². The van der Waals surface area contributed by atoms with E-state index in [1.165, 1.54) is 12.1 Å². The molecule has 0 atom stereocenters. The molecule has 64 valence electrons. The maximum absolute atomic E-state index is 12.7. The lowest BCUT2D eigenvalue weighted by Crippen LogP contribution is -2.21. The fraction of sp³-hybridized carbons (Fsp3) is 0.222. The van der Waals surface area contributed by atoms with E-state index >= 15 is 0 Å². The first-order valence-corrected chi connectivity index (χ1v) is 3.63. The molecular weight excluding hydrogens is 155 g/mol. The summed E-state index contributed by atoms with van der Waals surface area (Å²) in [4.78, 5) is 1.63. The summed E-state index contributed by atoms with van der Waals surface area (Å²) in [5.74, 6) is 0.00796. The number of benzene rings is 1. The van der Waals surface area contributed by atoms with E-state index in [1.807, 2.05) is 0 Å². The van der Waals surface area contributed by atoms with Crippen molar-refractivity contribution in [1.82, 2.24) is 4.90 Å². The van der Waals surface area contributed by atoms with Crippen LogP contribution in [0.15, 0.2) is 24.3 Å². The highest BCUT2D eigenvalue weighted by molar-refractivity contribution is 5.95. The molecule has 12 heavy (non-hydrogen) atoms. The monoisotopic (exact) mass is 166 g/mol. The molecule has 0 aliphatic rings. The van der Waals surface area contributed by atoms with Gasteiger partial charge in [0.05, 0.1) is 0 Å². The van der Waals surface area contributed by atoms with Gasteiger partial charge in [-0.15, -0.1) is 0 Å². The fourth-order valence-corrected chi connectivity index (χ4v) is 0.894. The zero-order chi connectivity index (χ0) is 9.14. The predicted molar refractivity (Wildman–Crippen MR) is 46.9 cm³/mol. The standard InChI is InChI=1S/C9H11FN2/c1-12(2)9(11)7-4-3-5-8(10)6-7/h3-6,11H,1-2H3. The Labute approximate surface area is 71.1 Å². The largest absolute Gasteiger partial charge is 0.363 e. The van der Waals surface area contributed by atoms with Gasteiger partial charge >= 0.3 is 0 Å². The van der Waals surface area contributed by atoms with Crippen molar-refractivity contribution < 1.29 is 4.39 Å². The highest BCUT2D eigenvalue weighted by Gasteiger charge is 2.02. The topological polar surface area (TPSA) is 27.1 Å². The molecule has 0 unspecified atom stereocenters. The third-order valence-electron chi connectivity index (χ3n) is 1.55. The Hall–Kier alpha value is -1.38. The van der Waals surface area contributed by atoms with Gasteiger partial charge in [-0.2, -0.15) is 0 Å². The minimum Gasteiger partial charge on any atom is -0.363 e. The zero-order valence-electron chi connectivity index (χ0n) is 7.13. The van der Waals surface area contributed by atoms with E-state index in [1.54, 1.807) is 31.1 Å². The van der Waals surface area contributed by atoms with Gasteiger partial charge in [0.15, 0.2) is 0 Å². The van der Waals surface area contributed by atoms with Crippen LogP contribution in [-0.4, -0.2) is 24.8 Å². The highest BCUT2D eigenvalue weighted by atomic mass is 19.1. The summed E-state index contributed by atoms with van der Waals surface area (Å²) in [7, 11) is 3.51. The Balaban J connectivity index is 2.96. The molecule has 3 heteroatoms. The first-order chi connectivity index (χ1) is 5.61. The summed E-state index contributed by atoms with van der Waals surface area (Å²) in [6, 6.07) is 6.03. The molecule has 0 amide bonds. The van der Waals surface area contributed by atoms with Gasteiger partial charge in [-0.05, 0) is 12.1 Å². The van der Waals surface area contributed by atoms with Gasteiger partial charge in [0, 0.05) is 19.7 Å². The zero-order valence-corrected chi connectivity index (χ0v) is 7.13. The van der Waals surface area contributed by atoms with E-state index in [2.05, 4.69) is 0 Å². The fourth-order valence-electron chi connectivity index (χ4n) is 0.894. The average Bonchev–Trinajstić information content (AvgIpc) is 2.03. The summed E-state index contributed by atoms with van der Waals surface area (Å²) in [5.41, 5.74) is 0.597. The van der Waals surface area contributed by atoms with Gasteiger partial charge in [-0.3, -0.25) is 5.41 Å². The van der Waals surface area contributed by atoms with Gasteiger partial charge in [-0.25, -0.2) is 4.39 Å². The normalized spacial score (nSPS) is 9.58. The van der Waals surface area contributed by atoms with Gasteiger partial charge in [0.25, 0.3) is 0 Å². The van der Waals surface area contributed by atoms with Crippen LogP contribution in [0.4, 0.5) is 4.39 Å². The number of nitrogens with one attached hydrogen (secondary N) is 1. The predicted octanol–water partition coefficient (Wildman–Crippen LogP) is 1.71. The summed E-state index contributed by atoms with van der Waals surface area (Å²) in [5, 5.41) is 7.54. The first-order valence-electron chi connectivity index (χ1n) is 3.63. The lowest BCUT2D eigenvalue weighted by molar-refractivity contribution is 0.612. The molecule has 1 N–H and O–H groups in total. The van der Waals surface area contributed by atoms with Crippen molar-refractivity contribution >= 4 is 5.84 Å². The van der Waals surface area contributed by atoms with Crippen LogP contribution in [0.1, 0.15) is 5.56 Å². The highest BCUT2D eigenvalue weighted by Crippen LogP contribution is 2.04. The summed E-state index contributed by atoms with van der Waals surface area (Å²) < 4.78 is 12.7. The second-order valence-electron chi connectivity index (χ2n) is 2.75. The van der Waals surface area contributed by atoms with Crippen LogP contribution in [0.3, 0.4) is 0 Å². The molecule has 0 heterocycles. The number of nitrogens with zero attached hydrogens (tertiary/aromatic N) is 1. The SMILES string of the molecule is CN(C)C(=N)c1cccc(F)c1. The third-order valence-corrected chi connectivity index (χ3v) is 1.55. The van der Waals surface area contributed by atoms with Crippen molar-refractivity contribution in [3.8, 4) is 0 Å². The van der Waals surface area contributed by atoms with Crippen molar-refractivity contribution in [1.29, 1.82) is 5.41 Å². The maximum Gasteiger partial charge on any atom is 0.127 e. The van der Waals surface area contributed by atoms with Crippen LogP contribution in [0, 0.1) is 11.2 Å². The number of amidine groups is 1. The van der Waals surface area contributed by atoms with Crippen molar-refractivity contribution in [2.75, 3.05) is 14.1 Å². The molecule has 0 radical (unpaired) electrons. The Morgan fingerprint density at radius 1 is 1.42 bits per heavy atom. The van der Waals surface area contributed by atoms with Crippen LogP contribution in [0.2, 0.25) is 0 Å². The van der Waals surface area contributed by atoms with E-state index in [0.29, 0.717) is 11.4 Å². The molecule has 0 bridgehead atoms. The molecule has 0 spiro atoms. The van der Waals surface area contributed by atoms with E-state index in [-0.39, 0.29) is 5.82 Å². The minimum absolute atomic E-state index is 0.306. The number of hydrogen-bond acceptors (Lipinski definition) is 1. The molecular formula is C9H11FN2. The minimum atomic E-state index is -0.306. The Morgan fingerprint density at radius 3 is 2.58 bits per heavy atom. The van der Waals surface area contributed by atoms with Gasteiger partial charge < -0.3 is 4.90 Å². The third kappa shape index (κ3) is 1.81. The van der Waals surface area contributed by atoms with Crippen molar-refractivity contribution in [3.05, 3.63) is 35.6 Å². The van der Waals surface area contributed by atoms with E-state index in [4.69, 9.17) is 5.41 Å². The molecule has 2 nitrogen and oxygen atoms in total. The van der Waals surface area contributed by atoms with Crippen LogP contribution in [-0.2, 0) is 0 Å². The Morgan fingerprint density at radius 2 is 2.08 bits per heavy atom. The van der Waals surface area contributed by atoms with Gasteiger partial charge in [0.1, 0.15) is 11.7 Å². The Bertz CT molecular complexity index is 294. The summed E-state index contributed by atoms with van der Waals surface area (Å²) in [6.45, 7) is 0.